The second kappa shape index (κ2) is 12.0. The third kappa shape index (κ3) is 6.41. The molecular weight excluding hydrogens is 559 g/mol. The van der Waals surface area contributed by atoms with Gasteiger partial charge in [0.25, 0.3) is 0 Å². The Bertz CT molecular complexity index is 1650. The number of amides is 3. The van der Waals surface area contributed by atoms with Crippen molar-refractivity contribution < 1.29 is 14.0 Å². The predicted octanol–water partition coefficient (Wildman–Crippen LogP) is 6.13. The number of aromatic nitrogens is 3. The Kier molecular flexibility index (Phi) is 7.83. The summed E-state index contributed by atoms with van der Waals surface area (Å²) < 4.78 is 13.9. The fourth-order valence-electron chi connectivity index (χ4n) is 5.16. The second-order valence-electron chi connectivity index (χ2n) is 10.4. The first-order valence-corrected chi connectivity index (χ1v) is 14.0. The van der Waals surface area contributed by atoms with Gasteiger partial charge in [-0.05, 0) is 72.7 Å². The summed E-state index contributed by atoms with van der Waals surface area (Å²) in [5, 5.41) is 12.5. The summed E-state index contributed by atoms with van der Waals surface area (Å²) in [7, 11) is 0. The van der Waals surface area contributed by atoms with Crippen LogP contribution in [0.3, 0.4) is 0 Å². The number of carbonyl (C=O) groups is 2. The summed E-state index contributed by atoms with van der Waals surface area (Å²) in [6, 6.07) is 13.4. The van der Waals surface area contributed by atoms with E-state index in [9.17, 15) is 14.0 Å². The SMILES string of the molecule is O=C(C[C@H]1CCN(C(=O)Nc2ccccc2F)C1)Nc1ccc2cc1CCc1cncc(c1)Nc1ncc(Cl)c(n1)N2. The van der Waals surface area contributed by atoms with Gasteiger partial charge in [0.15, 0.2) is 5.82 Å². The fourth-order valence-corrected chi connectivity index (χ4v) is 5.30. The topological polar surface area (TPSA) is 124 Å². The van der Waals surface area contributed by atoms with Crippen molar-refractivity contribution in [2.75, 3.05) is 34.4 Å². The maximum atomic E-state index is 13.9. The normalized spacial score (nSPS) is 15.8. The van der Waals surface area contributed by atoms with Gasteiger partial charge in [0, 0.05) is 37.1 Å². The van der Waals surface area contributed by atoms with E-state index in [4.69, 9.17) is 11.6 Å². The van der Waals surface area contributed by atoms with Gasteiger partial charge in [-0.3, -0.25) is 9.78 Å². The molecule has 2 aromatic carbocycles. The summed E-state index contributed by atoms with van der Waals surface area (Å²) in [6.45, 7) is 0.918. The molecule has 1 saturated heterocycles. The summed E-state index contributed by atoms with van der Waals surface area (Å²) in [5.41, 5.74) is 4.33. The lowest BCUT2D eigenvalue weighted by Gasteiger charge is -2.18. The first kappa shape index (κ1) is 27.4. The van der Waals surface area contributed by atoms with Crippen LogP contribution in [0.2, 0.25) is 5.02 Å². The van der Waals surface area contributed by atoms with E-state index in [1.807, 2.05) is 30.5 Å². The van der Waals surface area contributed by atoms with Crippen molar-refractivity contribution in [3.05, 3.63) is 89.1 Å². The highest BCUT2D eigenvalue weighted by Crippen LogP contribution is 2.30. The molecule has 4 aromatic rings. The Hall–Kier alpha value is -4.77. The molecule has 0 unspecified atom stereocenters. The Morgan fingerprint density at radius 1 is 1.00 bits per heavy atom. The van der Waals surface area contributed by atoms with Crippen LogP contribution in [0.25, 0.3) is 0 Å². The van der Waals surface area contributed by atoms with Gasteiger partial charge in [-0.2, -0.15) is 4.98 Å². The monoisotopic (exact) mass is 586 g/mol. The molecule has 4 heterocycles. The van der Waals surface area contributed by atoms with Crippen molar-refractivity contribution in [2.24, 2.45) is 5.92 Å². The number of hydrogen-bond donors (Lipinski definition) is 4. The van der Waals surface area contributed by atoms with Crippen molar-refractivity contribution in [3.63, 3.8) is 0 Å². The van der Waals surface area contributed by atoms with Gasteiger partial charge in [0.2, 0.25) is 11.9 Å². The highest BCUT2D eigenvalue weighted by molar-refractivity contribution is 6.32. The summed E-state index contributed by atoms with van der Waals surface area (Å²) in [4.78, 5) is 40.5. The molecule has 3 amide bonds. The fraction of sp³-hybridized carbons (Fsp3) is 0.233. The van der Waals surface area contributed by atoms with Crippen LogP contribution in [-0.4, -0.2) is 44.9 Å². The van der Waals surface area contributed by atoms with E-state index in [0.717, 1.165) is 22.5 Å². The van der Waals surface area contributed by atoms with E-state index in [0.29, 0.717) is 54.8 Å². The number of nitrogens with zero attached hydrogens (tertiary/aromatic N) is 4. The molecule has 0 radical (unpaired) electrons. The zero-order chi connectivity index (χ0) is 29.1. The number of benzene rings is 2. The van der Waals surface area contributed by atoms with Gasteiger partial charge in [-0.25, -0.2) is 14.2 Å². The van der Waals surface area contributed by atoms with Crippen molar-refractivity contribution in [3.8, 4) is 0 Å². The molecule has 0 saturated carbocycles. The summed E-state index contributed by atoms with van der Waals surface area (Å²) in [5.74, 6) is 0.214. The van der Waals surface area contributed by atoms with Gasteiger partial charge in [0.05, 0.1) is 23.8 Å². The smallest absolute Gasteiger partial charge is 0.321 e. The van der Waals surface area contributed by atoms with Crippen molar-refractivity contribution in [1.29, 1.82) is 0 Å². The van der Waals surface area contributed by atoms with E-state index >= 15 is 0 Å². The maximum Gasteiger partial charge on any atom is 0.321 e. The third-order valence-corrected chi connectivity index (χ3v) is 7.56. The number of anilines is 6. The van der Waals surface area contributed by atoms with Crippen LogP contribution in [0.5, 0.6) is 0 Å². The van der Waals surface area contributed by atoms with Crippen LogP contribution in [0.1, 0.15) is 24.0 Å². The van der Waals surface area contributed by atoms with Crippen LogP contribution in [0, 0.1) is 11.7 Å². The van der Waals surface area contributed by atoms with E-state index in [2.05, 4.69) is 36.2 Å². The molecule has 1 fully saturated rings. The van der Waals surface area contributed by atoms with Gasteiger partial charge < -0.3 is 26.2 Å². The highest BCUT2D eigenvalue weighted by Gasteiger charge is 2.28. The lowest BCUT2D eigenvalue weighted by molar-refractivity contribution is -0.117. The zero-order valence-electron chi connectivity index (χ0n) is 22.5. The largest absolute Gasteiger partial charge is 0.339 e. The van der Waals surface area contributed by atoms with E-state index in [-0.39, 0.29) is 30.0 Å². The molecule has 2 aliphatic rings. The number of urea groups is 1. The number of likely N-dealkylation sites (tertiary alicyclic amines) is 1. The number of carbonyl (C=O) groups excluding carboxylic acids is 2. The van der Waals surface area contributed by atoms with Crippen molar-refractivity contribution in [2.45, 2.75) is 25.7 Å². The van der Waals surface area contributed by atoms with Gasteiger partial charge >= 0.3 is 6.03 Å². The van der Waals surface area contributed by atoms with Crippen LogP contribution >= 0.6 is 11.6 Å². The van der Waals surface area contributed by atoms with Crippen LogP contribution in [-0.2, 0) is 17.6 Å². The molecule has 6 bridgehead atoms. The minimum atomic E-state index is -0.490. The molecule has 6 rings (SSSR count). The molecule has 10 nitrogen and oxygen atoms in total. The van der Waals surface area contributed by atoms with Crippen LogP contribution < -0.4 is 21.3 Å². The quantitative estimate of drug-likeness (QED) is 0.227. The standard InChI is InChI=1S/C30H28ClFN8O2/c31-23-16-34-29-36-22-11-18(14-33-15-22)5-6-20-13-21(35-28(23)39-29)7-8-25(20)37-27(41)12-19-9-10-40(17-19)30(42)38-26-4-2-1-3-24(26)32/h1-4,7-8,11,13-16,19H,5-6,9-10,12,17H2,(H,37,41)(H,38,42)(H2,34,35,36,39)/t19-/m1/s1. The van der Waals surface area contributed by atoms with Crippen molar-refractivity contribution >= 4 is 58.1 Å². The number of nitrogens with one attached hydrogen (secondary N) is 4. The Labute approximate surface area is 246 Å². The third-order valence-electron chi connectivity index (χ3n) is 7.28. The Balaban J connectivity index is 1.14. The first-order valence-electron chi connectivity index (χ1n) is 13.6. The number of para-hydroxylation sites is 1. The zero-order valence-corrected chi connectivity index (χ0v) is 23.3. The molecular formula is C30H28ClFN8O2. The molecule has 0 aliphatic carbocycles. The minimum absolute atomic E-state index is 0.00205. The van der Waals surface area contributed by atoms with E-state index < -0.39 is 5.82 Å². The van der Waals surface area contributed by atoms with E-state index in [1.165, 1.54) is 18.3 Å². The molecule has 214 valence electrons. The van der Waals surface area contributed by atoms with Gasteiger partial charge in [-0.15, -0.1) is 0 Å². The number of halogens is 2. The van der Waals surface area contributed by atoms with Gasteiger partial charge in [0.1, 0.15) is 10.8 Å². The summed E-state index contributed by atoms with van der Waals surface area (Å²) >= 11 is 6.36. The number of pyridine rings is 1. The predicted molar refractivity (Wildman–Crippen MR) is 160 cm³/mol. The van der Waals surface area contributed by atoms with Crippen molar-refractivity contribution in [1.82, 2.24) is 19.9 Å². The lowest BCUT2D eigenvalue weighted by atomic mass is 10.0. The number of aryl methyl sites for hydroxylation is 2. The Morgan fingerprint density at radius 2 is 1.88 bits per heavy atom. The second-order valence-corrected chi connectivity index (χ2v) is 10.8. The lowest BCUT2D eigenvalue weighted by Crippen LogP contribution is -2.33. The van der Waals surface area contributed by atoms with Crippen LogP contribution in [0.4, 0.5) is 43.7 Å². The number of rotatable bonds is 4. The molecule has 0 spiro atoms. The molecule has 2 aliphatic heterocycles. The highest BCUT2D eigenvalue weighted by atomic mass is 35.5. The minimum Gasteiger partial charge on any atom is -0.339 e. The molecule has 1 atom stereocenters. The molecule has 4 N–H and O–H groups in total. The number of hydrogen-bond acceptors (Lipinski definition) is 7. The molecule has 2 aromatic heterocycles. The average Bonchev–Trinajstić information content (AvgIpc) is 3.44. The van der Waals surface area contributed by atoms with Gasteiger partial charge in [-0.1, -0.05) is 23.7 Å². The van der Waals surface area contributed by atoms with E-state index in [1.54, 1.807) is 23.2 Å². The molecule has 12 heteroatoms. The Morgan fingerprint density at radius 3 is 2.76 bits per heavy atom. The maximum absolute atomic E-state index is 13.9. The summed E-state index contributed by atoms with van der Waals surface area (Å²) in [6.07, 6.45) is 7.34. The van der Waals surface area contributed by atoms with Crippen LogP contribution in [0.15, 0.2) is 67.1 Å². The first-order chi connectivity index (χ1) is 20.4. The average molecular weight is 587 g/mol. The molecule has 42 heavy (non-hydrogen) atoms. The number of fused-ring (bicyclic) bond motifs is 6.